The number of hydrogen-bond donors (Lipinski definition) is 4. The summed E-state index contributed by atoms with van der Waals surface area (Å²) in [5.74, 6) is -0.611. The third-order valence-electron chi connectivity index (χ3n) is 1.51. The minimum Gasteiger partial charge on any atom is -0.480 e. The number of nitrogens with zero attached hydrogens (tertiary/aromatic N) is 1. The Bertz CT molecular complexity index is 193. The summed E-state index contributed by atoms with van der Waals surface area (Å²) in [6.07, 6.45) is 1.00. The van der Waals surface area contributed by atoms with Crippen molar-refractivity contribution in [2.75, 3.05) is 13.1 Å². The van der Waals surface area contributed by atoms with Crippen LogP contribution in [0.5, 0.6) is 0 Å². The third kappa shape index (κ3) is 6.06. The van der Waals surface area contributed by atoms with Gasteiger partial charge in [-0.2, -0.15) is 0 Å². The molecule has 0 heterocycles. The van der Waals surface area contributed by atoms with Crippen LogP contribution in [0.25, 0.3) is 0 Å². The molecule has 0 aromatic rings. The molecule has 0 bridgehead atoms. The standard InChI is InChI=1S/C7H16N4O2/c8-4-6(10)11-3-1-2-5(9)7(12)13/h5H,1-4,8-9H2,(H2,10,11)(H,12,13)/t5-/m0/s1. The van der Waals surface area contributed by atoms with Crippen LogP contribution >= 0.6 is 0 Å². The number of carboxylic acid groups (broad SMARTS) is 1. The van der Waals surface area contributed by atoms with E-state index in [4.69, 9.17) is 22.3 Å². The van der Waals surface area contributed by atoms with E-state index in [1.807, 2.05) is 0 Å². The van der Waals surface area contributed by atoms with Gasteiger partial charge in [0.25, 0.3) is 0 Å². The normalized spacial score (nSPS) is 14.2. The summed E-state index contributed by atoms with van der Waals surface area (Å²) >= 11 is 0. The van der Waals surface area contributed by atoms with Gasteiger partial charge in [-0.1, -0.05) is 0 Å². The van der Waals surface area contributed by atoms with Crippen molar-refractivity contribution in [3.05, 3.63) is 0 Å². The molecule has 76 valence electrons. The van der Waals surface area contributed by atoms with Crippen molar-refractivity contribution in [1.82, 2.24) is 0 Å². The lowest BCUT2D eigenvalue weighted by Gasteiger charge is -2.03. The minimum absolute atomic E-state index is 0.227. The van der Waals surface area contributed by atoms with Crippen molar-refractivity contribution in [3.63, 3.8) is 0 Å². The van der Waals surface area contributed by atoms with Crippen LogP contribution in [0.1, 0.15) is 12.8 Å². The largest absolute Gasteiger partial charge is 0.480 e. The molecule has 1 atom stereocenters. The topological polar surface area (TPSA) is 128 Å². The zero-order valence-electron chi connectivity index (χ0n) is 7.44. The number of carboxylic acids is 1. The zero-order valence-corrected chi connectivity index (χ0v) is 7.44. The molecule has 0 amide bonds. The molecule has 0 saturated carbocycles. The SMILES string of the molecule is NCC(N)=NCCC[C@H](N)C(=O)O. The highest BCUT2D eigenvalue weighted by Crippen LogP contribution is 1.94. The van der Waals surface area contributed by atoms with E-state index in [9.17, 15) is 4.79 Å². The fourth-order valence-corrected chi connectivity index (χ4v) is 0.722. The minimum atomic E-state index is -0.990. The van der Waals surface area contributed by atoms with E-state index >= 15 is 0 Å². The van der Waals surface area contributed by atoms with Gasteiger partial charge in [-0.3, -0.25) is 9.79 Å². The lowest BCUT2D eigenvalue weighted by atomic mass is 10.2. The second-order valence-electron chi connectivity index (χ2n) is 2.66. The molecule has 0 aromatic carbocycles. The van der Waals surface area contributed by atoms with Crippen molar-refractivity contribution in [2.24, 2.45) is 22.2 Å². The van der Waals surface area contributed by atoms with E-state index in [1.54, 1.807) is 0 Å². The van der Waals surface area contributed by atoms with E-state index < -0.39 is 12.0 Å². The number of aliphatic carboxylic acids is 1. The van der Waals surface area contributed by atoms with Crippen molar-refractivity contribution in [1.29, 1.82) is 0 Å². The van der Waals surface area contributed by atoms with Gasteiger partial charge in [-0.15, -0.1) is 0 Å². The molecule has 6 nitrogen and oxygen atoms in total. The van der Waals surface area contributed by atoms with Crippen LogP contribution in [-0.2, 0) is 4.79 Å². The maximum Gasteiger partial charge on any atom is 0.320 e. The van der Waals surface area contributed by atoms with Crippen LogP contribution in [-0.4, -0.2) is 36.0 Å². The highest BCUT2D eigenvalue weighted by atomic mass is 16.4. The summed E-state index contributed by atoms with van der Waals surface area (Å²) in [4.78, 5) is 14.2. The van der Waals surface area contributed by atoms with Crippen LogP contribution in [0.15, 0.2) is 4.99 Å². The molecule has 0 aromatic heterocycles. The van der Waals surface area contributed by atoms with Gasteiger partial charge in [0.05, 0.1) is 6.54 Å². The molecule has 0 saturated heterocycles. The number of nitrogens with two attached hydrogens (primary N) is 3. The average Bonchev–Trinajstić information content (AvgIpc) is 2.11. The Hall–Kier alpha value is -1.14. The Morgan fingerprint density at radius 3 is 2.62 bits per heavy atom. The smallest absolute Gasteiger partial charge is 0.320 e. The van der Waals surface area contributed by atoms with Crippen molar-refractivity contribution in [2.45, 2.75) is 18.9 Å². The number of aliphatic imine (C=N–C) groups is 1. The van der Waals surface area contributed by atoms with Crippen molar-refractivity contribution in [3.8, 4) is 0 Å². The Morgan fingerprint density at radius 2 is 2.15 bits per heavy atom. The van der Waals surface area contributed by atoms with Gasteiger partial charge in [0, 0.05) is 6.54 Å². The van der Waals surface area contributed by atoms with Crippen LogP contribution in [0, 0.1) is 0 Å². The van der Waals surface area contributed by atoms with Crippen LogP contribution in [0.4, 0.5) is 0 Å². The summed E-state index contributed by atoms with van der Waals surface area (Å²) in [6, 6.07) is -0.811. The third-order valence-corrected chi connectivity index (χ3v) is 1.51. The predicted molar refractivity (Wildman–Crippen MR) is 50.4 cm³/mol. The van der Waals surface area contributed by atoms with Gasteiger partial charge in [0.2, 0.25) is 0 Å². The Kier molecular flexibility index (Phi) is 5.82. The molecule has 7 N–H and O–H groups in total. The molecule has 6 heteroatoms. The van der Waals surface area contributed by atoms with E-state index in [-0.39, 0.29) is 6.54 Å². The lowest BCUT2D eigenvalue weighted by Crippen LogP contribution is -2.30. The number of rotatable bonds is 6. The molecule has 0 unspecified atom stereocenters. The fourth-order valence-electron chi connectivity index (χ4n) is 0.722. The Labute approximate surface area is 76.8 Å². The Balaban J connectivity index is 3.51. The summed E-state index contributed by atoms with van der Waals surface area (Å²) in [5, 5.41) is 8.43. The summed E-state index contributed by atoms with van der Waals surface area (Å²) in [7, 11) is 0. The molecule has 0 aliphatic carbocycles. The van der Waals surface area contributed by atoms with Gasteiger partial charge in [0.15, 0.2) is 0 Å². The molecular weight excluding hydrogens is 172 g/mol. The number of amidine groups is 1. The Morgan fingerprint density at radius 1 is 1.54 bits per heavy atom. The maximum atomic E-state index is 10.3. The maximum absolute atomic E-state index is 10.3. The fraction of sp³-hybridized carbons (Fsp3) is 0.714. The molecule has 0 aliphatic heterocycles. The highest BCUT2D eigenvalue weighted by molar-refractivity contribution is 5.82. The first-order valence-corrected chi connectivity index (χ1v) is 4.05. The van der Waals surface area contributed by atoms with E-state index in [0.29, 0.717) is 25.2 Å². The molecule has 13 heavy (non-hydrogen) atoms. The average molecular weight is 188 g/mol. The van der Waals surface area contributed by atoms with Gasteiger partial charge >= 0.3 is 5.97 Å². The highest BCUT2D eigenvalue weighted by Gasteiger charge is 2.09. The van der Waals surface area contributed by atoms with Gasteiger partial charge in [-0.05, 0) is 12.8 Å². The van der Waals surface area contributed by atoms with Crippen molar-refractivity contribution < 1.29 is 9.90 Å². The number of carbonyl (C=O) groups is 1. The zero-order chi connectivity index (χ0) is 10.3. The van der Waals surface area contributed by atoms with E-state index in [0.717, 1.165) is 0 Å². The van der Waals surface area contributed by atoms with Crippen LogP contribution < -0.4 is 17.2 Å². The van der Waals surface area contributed by atoms with E-state index in [2.05, 4.69) is 4.99 Å². The monoisotopic (exact) mass is 188 g/mol. The van der Waals surface area contributed by atoms with Crippen molar-refractivity contribution >= 4 is 11.8 Å². The van der Waals surface area contributed by atoms with Crippen LogP contribution in [0.2, 0.25) is 0 Å². The lowest BCUT2D eigenvalue weighted by molar-refractivity contribution is -0.138. The molecule has 0 fully saturated rings. The number of hydrogen-bond acceptors (Lipinski definition) is 4. The quantitative estimate of drug-likeness (QED) is 0.229. The summed E-state index contributed by atoms with van der Waals surface area (Å²) in [5.41, 5.74) is 15.8. The first-order valence-electron chi connectivity index (χ1n) is 4.05. The predicted octanol–water partition coefficient (Wildman–Crippen LogP) is -1.51. The van der Waals surface area contributed by atoms with Gasteiger partial charge in [-0.25, -0.2) is 0 Å². The second-order valence-corrected chi connectivity index (χ2v) is 2.66. The van der Waals surface area contributed by atoms with E-state index in [1.165, 1.54) is 0 Å². The van der Waals surface area contributed by atoms with Gasteiger partial charge < -0.3 is 22.3 Å². The molecule has 0 aliphatic rings. The first kappa shape index (κ1) is 11.9. The van der Waals surface area contributed by atoms with Crippen LogP contribution in [0.3, 0.4) is 0 Å². The molecule has 0 radical (unpaired) electrons. The second kappa shape index (κ2) is 6.38. The van der Waals surface area contributed by atoms with Gasteiger partial charge in [0.1, 0.15) is 11.9 Å². The molecular formula is C7H16N4O2. The first-order chi connectivity index (χ1) is 6.07. The summed E-state index contributed by atoms with van der Waals surface area (Å²) < 4.78 is 0. The summed E-state index contributed by atoms with van der Waals surface area (Å²) in [6.45, 7) is 0.703. The molecule has 0 rings (SSSR count). The molecule has 0 spiro atoms.